The lowest BCUT2D eigenvalue weighted by Gasteiger charge is -2.21. The number of rotatable bonds is 3. The first-order chi connectivity index (χ1) is 10.2. The second-order valence-electron chi connectivity index (χ2n) is 6.62. The minimum atomic E-state index is -1.01. The summed E-state index contributed by atoms with van der Waals surface area (Å²) >= 11 is 0. The van der Waals surface area contributed by atoms with E-state index >= 15 is 0 Å². The summed E-state index contributed by atoms with van der Waals surface area (Å²) < 4.78 is 19.4. The highest BCUT2D eigenvalue weighted by Gasteiger charge is 2.25. The molecular formula is C15H25NO7. The molecule has 0 rings (SSSR count). The summed E-state index contributed by atoms with van der Waals surface area (Å²) in [7, 11) is 1.12. The molecule has 23 heavy (non-hydrogen) atoms. The number of hydrogen-bond acceptors (Lipinski definition) is 7. The number of hydrogen-bond donors (Lipinski definition) is 1. The van der Waals surface area contributed by atoms with Crippen LogP contribution >= 0.6 is 0 Å². The molecule has 132 valence electrons. The number of alkyl carbamates (subject to hydrolysis) is 1. The Morgan fingerprint density at radius 2 is 1.35 bits per heavy atom. The van der Waals surface area contributed by atoms with Gasteiger partial charge < -0.3 is 18.9 Å². The van der Waals surface area contributed by atoms with Crippen LogP contribution in [0, 0.1) is 0 Å². The number of carbonyl (C=O) groups excluding carboxylic acids is 3. The van der Waals surface area contributed by atoms with Gasteiger partial charge in [-0.1, -0.05) is 0 Å². The Balaban J connectivity index is 5.17. The van der Waals surface area contributed by atoms with Crippen molar-refractivity contribution in [1.82, 2.24) is 5.32 Å². The van der Waals surface area contributed by atoms with E-state index in [0.717, 1.165) is 7.11 Å². The van der Waals surface area contributed by atoms with Crippen molar-refractivity contribution in [2.75, 3.05) is 7.11 Å². The number of allylic oxidation sites excluding steroid dienone is 1. The maximum absolute atomic E-state index is 11.8. The van der Waals surface area contributed by atoms with Gasteiger partial charge in [-0.05, 0) is 48.5 Å². The first kappa shape index (κ1) is 20.8. The molecule has 0 bridgehead atoms. The van der Waals surface area contributed by atoms with E-state index in [1.54, 1.807) is 41.5 Å². The van der Waals surface area contributed by atoms with Crippen molar-refractivity contribution < 1.29 is 33.3 Å². The van der Waals surface area contributed by atoms with Gasteiger partial charge >= 0.3 is 18.2 Å². The quantitative estimate of drug-likeness (QED) is 0.367. The molecule has 0 aromatic heterocycles. The predicted octanol–water partition coefficient (Wildman–Crippen LogP) is 2.87. The van der Waals surface area contributed by atoms with E-state index in [0.29, 0.717) is 0 Å². The average Bonchev–Trinajstić information content (AvgIpc) is 2.30. The van der Waals surface area contributed by atoms with Crippen molar-refractivity contribution in [3.63, 3.8) is 0 Å². The summed E-state index contributed by atoms with van der Waals surface area (Å²) in [5, 5.41) is 2.20. The van der Waals surface area contributed by atoms with E-state index in [1.807, 2.05) is 0 Å². The molecule has 0 fully saturated rings. The van der Waals surface area contributed by atoms with Gasteiger partial charge in [0.25, 0.3) is 0 Å². The molecule has 0 aliphatic rings. The molecule has 8 heteroatoms. The predicted molar refractivity (Wildman–Crippen MR) is 81.4 cm³/mol. The first-order valence-corrected chi connectivity index (χ1v) is 6.95. The maximum atomic E-state index is 11.8. The van der Waals surface area contributed by atoms with Crippen molar-refractivity contribution in [3.05, 3.63) is 11.5 Å². The number of ether oxygens (including phenoxy) is 4. The Morgan fingerprint density at radius 1 is 0.870 bits per heavy atom. The Morgan fingerprint density at radius 3 is 1.74 bits per heavy atom. The highest BCUT2D eigenvalue weighted by atomic mass is 16.7. The third-order valence-electron chi connectivity index (χ3n) is 1.99. The third kappa shape index (κ3) is 9.38. The van der Waals surface area contributed by atoms with Crippen molar-refractivity contribution >= 4 is 18.2 Å². The average molecular weight is 331 g/mol. The lowest BCUT2D eigenvalue weighted by Crippen LogP contribution is -2.35. The molecule has 0 aliphatic heterocycles. The summed E-state index contributed by atoms with van der Waals surface area (Å²) in [6, 6.07) is 0. The summed E-state index contributed by atoms with van der Waals surface area (Å²) in [5.41, 5.74) is -1.88. The molecule has 1 N–H and O–H groups in total. The van der Waals surface area contributed by atoms with Gasteiger partial charge in [-0.3, -0.25) is 5.32 Å². The van der Waals surface area contributed by atoms with Crippen LogP contribution in [0.5, 0.6) is 0 Å². The van der Waals surface area contributed by atoms with E-state index in [4.69, 9.17) is 14.2 Å². The van der Waals surface area contributed by atoms with E-state index in [-0.39, 0.29) is 11.5 Å². The monoisotopic (exact) mass is 331 g/mol. The fraction of sp³-hybridized carbons (Fsp3) is 0.667. The van der Waals surface area contributed by atoms with Crippen LogP contribution in [-0.2, 0) is 23.7 Å². The summed E-state index contributed by atoms with van der Waals surface area (Å²) in [4.78, 5) is 35.1. The highest BCUT2D eigenvalue weighted by molar-refractivity contribution is 5.92. The topological polar surface area (TPSA) is 100 Å². The van der Waals surface area contributed by atoms with Crippen LogP contribution < -0.4 is 5.32 Å². The molecule has 0 saturated heterocycles. The lowest BCUT2D eigenvalue weighted by atomic mass is 10.2. The Kier molecular flexibility index (Phi) is 7.08. The van der Waals surface area contributed by atoms with Crippen LogP contribution in [0.25, 0.3) is 0 Å². The van der Waals surface area contributed by atoms with Gasteiger partial charge in [-0.25, -0.2) is 14.4 Å². The highest BCUT2D eigenvalue weighted by Crippen LogP contribution is 2.13. The van der Waals surface area contributed by atoms with Gasteiger partial charge in [0.1, 0.15) is 17.0 Å². The van der Waals surface area contributed by atoms with Crippen LogP contribution in [0.3, 0.4) is 0 Å². The molecule has 0 radical (unpaired) electrons. The number of amides is 1. The molecule has 0 spiro atoms. The molecule has 0 atom stereocenters. The first-order valence-electron chi connectivity index (χ1n) is 6.95. The van der Waals surface area contributed by atoms with Crippen LogP contribution in [0.2, 0.25) is 0 Å². The second kappa shape index (κ2) is 7.85. The number of methoxy groups -OCH3 is 1. The van der Waals surface area contributed by atoms with Crippen molar-refractivity contribution in [3.8, 4) is 0 Å². The molecule has 0 aliphatic carbocycles. The summed E-state index contributed by atoms with van der Waals surface area (Å²) in [6.45, 7) is 11.3. The molecule has 0 unspecified atom stereocenters. The zero-order valence-corrected chi connectivity index (χ0v) is 14.9. The molecule has 1 amide bonds. The van der Waals surface area contributed by atoms with Crippen molar-refractivity contribution in [2.45, 2.75) is 59.7 Å². The van der Waals surface area contributed by atoms with Gasteiger partial charge in [-0.15, -0.1) is 0 Å². The van der Waals surface area contributed by atoms with E-state index in [2.05, 4.69) is 10.1 Å². The van der Waals surface area contributed by atoms with E-state index in [1.165, 1.54) is 6.92 Å². The number of esters is 1. The van der Waals surface area contributed by atoms with Crippen LogP contribution in [0.1, 0.15) is 48.5 Å². The summed E-state index contributed by atoms with van der Waals surface area (Å²) in [5.74, 6) is -1.08. The van der Waals surface area contributed by atoms with Gasteiger partial charge in [-0.2, -0.15) is 0 Å². The second-order valence-corrected chi connectivity index (χ2v) is 6.62. The van der Waals surface area contributed by atoms with Crippen LogP contribution in [0.4, 0.5) is 9.59 Å². The molecule has 0 saturated carbocycles. The maximum Gasteiger partial charge on any atom is 0.514 e. The lowest BCUT2D eigenvalue weighted by molar-refractivity contribution is -0.136. The standard InChI is InChI=1S/C15H25NO7/c1-9(21-13(19)23-15(5,6)7)10(11(17)20-8)16-12(18)22-14(2,3)4/h1-8H3,(H,16,18)/b10-9-. The minimum Gasteiger partial charge on any atom is -0.464 e. The SMILES string of the molecule is COC(=O)/C(NC(=O)OC(C)(C)C)=C(\C)OC(=O)OC(C)(C)C. The summed E-state index contributed by atoms with van der Waals surface area (Å²) in [6.07, 6.45) is -1.90. The van der Waals surface area contributed by atoms with E-state index < -0.39 is 29.4 Å². The van der Waals surface area contributed by atoms with Gasteiger partial charge in [0, 0.05) is 0 Å². The number of nitrogens with one attached hydrogen (secondary N) is 1. The normalized spacial score (nSPS) is 12.7. The molecule has 0 aromatic rings. The minimum absolute atomic E-state index is 0.183. The Labute approximate surface area is 136 Å². The van der Waals surface area contributed by atoms with Crippen LogP contribution in [0.15, 0.2) is 11.5 Å². The smallest absolute Gasteiger partial charge is 0.464 e. The van der Waals surface area contributed by atoms with Gasteiger partial charge in [0.2, 0.25) is 0 Å². The molecule has 8 nitrogen and oxygen atoms in total. The molecular weight excluding hydrogens is 306 g/mol. The zero-order chi connectivity index (χ0) is 18.4. The fourth-order valence-electron chi connectivity index (χ4n) is 1.24. The number of carbonyl (C=O) groups is 3. The largest absolute Gasteiger partial charge is 0.514 e. The van der Waals surface area contributed by atoms with Crippen molar-refractivity contribution in [2.24, 2.45) is 0 Å². The fourth-order valence-corrected chi connectivity index (χ4v) is 1.24. The van der Waals surface area contributed by atoms with Crippen LogP contribution in [-0.4, -0.2) is 36.5 Å². The van der Waals surface area contributed by atoms with Crippen molar-refractivity contribution in [1.29, 1.82) is 0 Å². The Bertz CT molecular complexity index is 495. The Hall–Kier alpha value is -2.25. The molecule has 0 heterocycles. The van der Waals surface area contributed by atoms with E-state index in [9.17, 15) is 14.4 Å². The van der Waals surface area contributed by atoms with Gasteiger partial charge in [0.15, 0.2) is 5.70 Å². The van der Waals surface area contributed by atoms with Gasteiger partial charge in [0.05, 0.1) is 7.11 Å². The zero-order valence-electron chi connectivity index (χ0n) is 14.9. The molecule has 0 aromatic carbocycles. The third-order valence-corrected chi connectivity index (χ3v) is 1.99.